The standard InChI is InChI=1S/C25H31N4O2P/c1-17(24(27-2)19-10-12-21(13-11-19)29(3)4)23(16-30)25(28-31-5)20-8-6-18(7-9-20)14-22(32)15-26/h6-14,27-28,30H,16,32H2,1-5H3/b22-14+,24-17-,25-23-. The summed E-state index contributed by atoms with van der Waals surface area (Å²) in [5.41, 5.74) is 10.0. The van der Waals surface area contributed by atoms with E-state index in [1.807, 2.05) is 52.3 Å². The SMILES string of the molecule is CN/C(=C(C)\C(CO)=C(/NOC)c1ccc(/C=C(/P)C#N)cc1)c1ccc(N(C)C)cc1. The third kappa shape index (κ3) is 6.21. The minimum absolute atomic E-state index is 0.176. The molecule has 0 amide bonds. The van der Waals surface area contributed by atoms with E-state index in [0.717, 1.165) is 33.6 Å². The molecule has 1 atom stereocenters. The first-order valence-corrected chi connectivity index (χ1v) is 10.7. The van der Waals surface area contributed by atoms with Gasteiger partial charge >= 0.3 is 0 Å². The first kappa shape index (κ1) is 25.2. The Morgan fingerprint density at radius 2 is 1.66 bits per heavy atom. The first-order chi connectivity index (χ1) is 15.4. The van der Waals surface area contributed by atoms with E-state index in [1.165, 1.54) is 7.11 Å². The van der Waals surface area contributed by atoms with Gasteiger partial charge in [0, 0.05) is 49.0 Å². The van der Waals surface area contributed by atoms with Crippen LogP contribution in [-0.4, -0.2) is 40.0 Å². The molecule has 2 rings (SSSR count). The molecule has 168 valence electrons. The second kappa shape index (κ2) is 12.1. The molecular weight excluding hydrogens is 419 g/mol. The maximum Gasteiger partial charge on any atom is 0.0990 e. The summed E-state index contributed by atoms with van der Waals surface area (Å²) in [6, 6.07) is 18.0. The molecule has 0 aromatic heterocycles. The molecule has 0 aliphatic heterocycles. The molecule has 0 aliphatic rings. The monoisotopic (exact) mass is 450 g/mol. The van der Waals surface area contributed by atoms with E-state index in [9.17, 15) is 5.11 Å². The Labute approximate surface area is 193 Å². The molecule has 2 aromatic rings. The fourth-order valence-electron chi connectivity index (χ4n) is 3.37. The third-order valence-corrected chi connectivity index (χ3v) is 5.36. The second-order valence-electron chi connectivity index (χ2n) is 7.34. The molecule has 7 heteroatoms. The summed E-state index contributed by atoms with van der Waals surface area (Å²) < 4.78 is 0. The Morgan fingerprint density at radius 1 is 1.09 bits per heavy atom. The van der Waals surface area contributed by atoms with Crippen LogP contribution in [0.25, 0.3) is 17.5 Å². The normalized spacial score (nSPS) is 13.0. The number of aliphatic hydroxyl groups is 1. The smallest absolute Gasteiger partial charge is 0.0990 e. The van der Waals surface area contributed by atoms with Crippen molar-refractivity contribution in [2.75, 3.05) is 39.8 Å². The van der Waals surface area contributed by atoms with E-state index < -0.39 is 0 Å². The second-order valence-corrected chi connectivity index (χ2v) is 7.96. The van der Waals surface area contributed by atoms with Gasteiger partial charge in [0.2, 0.25) is 0 Å². The van der Waals surface area contributed by atoms with Gasteiger partial charge in [-0.2, -0.15) is 5.26 Å². The largest absolute Gasteiger partial charge is 0.392 e. The molecule has 1 unspecified atom stereocenters. The van der Waals surface area contributed by atoms with Crippen LogP contribution in [0.2, 0.25) is 0 Å². The van der Waals surface area contributed by atoms with E-state index >= 15 is 0 Å². The molecule has 0 saturated heterocycles. The zero-order valence-corrected chi connectivity index (χ0v) is 20.4. The zero-order chi connectivity index (χ0) is 23.7. The van der Waals surface area contributed by atoms with Crippen molar-refractivity contribution >= 4 is 32.4 Å². The highest BCUT2D eigenvalue weighted by Crippen LogP contribution is 2.28. The van der Waals surface area contributed by atoms with Gasteiger partial charge in [0.15, 0.2) is 0 Å². The van der Waals surface area contributed by atoms with E-state index in [2.05, 4.69) is 55.3 Å². The molecule has 0 spiro atoms. The first-order valence-electron chi connectivity index (χ1n) is 10.1. The average molecular weight is 451 g/mol. The van der Waals surface area contributed by atoms with Crippen molar-refractivity contribution in [1.29, 1.82) is 5.26 Å². The number of nitriles is 1. The summed E-state index contributed by atoms with van der Waals surface area (Å²) in [6.07, 6.45) is 1.79. The number of benzene rings is 2. The summed E-state index contributed by atoms with van der Waals surface area (Å²) in [7, 11) is 9.83. The Bertz CT molecular complexity index is 1050. The lowest BCUT2D eigenvalue weighted by Crippen LogP contribution is -2.17. The van der Waals surface area contributed by atoms with Crippen molar-refractivity contribution in [2.24, 2.45) is 0 Å². The molecule has 0 heterocycles. The van der Waals surface area contributed by atoms with Crippen LogP contribution in [0.1, 0.15) is 23.6 Å². The van der Waals surface area contributed by atoms with E-state index in [-0.39, 0.29) is 6.61 Å². The van der Waals surface area contributed by atoms with Crippen LogP contribution < -0.4 is 15.7 Å². The highest BCUT2D eigenvalue weighted by molar-refractivity contribution is 7.23. The van der Waals surface area contributed by atoms with Gasteiger partial charge in [-0.3, -0.25) is 10.3 Å². The highest BCUT2D eigenvalue weighted by Gasteiger charge is 2.15. The van der Waals surface area contributed by atoms with E-state index in [0.29, 0.717) is 16.6 Å². The number of rotatable bonds is 9. The van der Waals surface area contributed by atoms with Gasteiger partial charge in [-0.15, -0.1) is 0 Å². The molecule has 0 radical (unpaired) electrons. The summed E-state index contributed by atoms with van der Waals surface area (Å²) >= 11 is 0. The lowest BCUT2D eigenvalue weighted by atomic mass is 9.96. The van der Waals surface area contributed by atoms with Crippen LogP contribution >= 0.6 is 9.24 Å². The quantitative estimate of drug-likeness (QED) is 0.232. The van der Waals surface area contributed by atoms with Crippen LogP contribution in [0.15, 0.2) is 65.0 Å². The number of aliphatic hydroxyl groups excluding tert-OH is 1. The number of allylic oxidation sites excluding steroid dienone is 1. The van der Waals surface area contributed by atoms with Gasteiger partial charge in [-0.1, -0.05) is 45.6 Å². The van der Waals surface area contributed by atoms with Crippen LogP contribution in [0.3, 0.4) is 0 Å². The van der Waals surface area contributed by atoms with Gasteiger partial charge in [0.05, 0.1) is 25.5 Å². The van der Waals surface area contributed by atoms with Crippen LogP contribution in [0, 0.1) is 11.3 Å². The van der Waals surface area contributed by atoms with Gasteiger partial charge in [0.25, 0.3) is 0 Å². The van der Waals surface area contributed by atoms with Gasteiger partial charge in [-0.25, -0.2) is 0 Å². The van der Waals surface area contributed by atoms with Crippen LogP contribution in [0.5, 0.6) is 0 Å². The van der Waals surface area contributed by atoms with Crippen molar-refractivity contribution in [1.82, 2.24) is 10.8 Å². The topological polar surface area (TPSA) is 80.5 Å². The van der Waals surface area contributed by atoms with Gasteiger partial charge in [0.1, 0.15) is 0 Å². The maximum atomic E-state index is 10.3. The molecule has 32 heavy (non-hydrogen) atoms. The molecule has 3 N–H and O–H groups in total. The Balaban J connectivity index is 2.58. The lowest BCUT2D eigenvalue weighted by molar-refractivity contribution is 0.135. The number of hydroxylamine groups is 1. The molecular formula is C25H31N4O2P. The number of hydrogen-bond acceptors (Lipinski definition) is 6. The average Bonchev–Trinajstić information content (AvgIpc) is 2.80. The highest BCUT2D eigenvalue weighted by atomic mass is 31.0. The minimum atomic E-state index is -0.176. The molecule has 2 aromatic carbocycles. The minimum Gasteiger partial charge on any atom is -0.392 e. The molecule has 0 bridgehead atoms. The van der Waals surface area contributed by atoms with E-state index in [4.69, 9.17) is 10.1 Å². The van der Waals surface area contributed by atoms with Crippen LogP contribution in [-0.2, 0) is 4.84 Å². The molecule has 0 fully saturated rings. The third-order valence-electron chi connectivity index (χ3n) is 5.06. The van der Waals surface area contributed by atoms with Crippen molar-refractivity contribution in [2.45, 2.75) is 6.92 Å². The molecule has 0 saturated carbocycles. The Hall–Kier alpha value is -3.10. The molecule has 6 nitrogen and oxygen atoms in total. The van der Waals surface area contributed by atoms with Crippen molar-refractivity contribution in [3.05, 3.63) is 81.7 Å². The lowest BCUT2D eigenvalue weighted by Gasteiger charge is -2.20. The summed E-state index contributed by atoms with van der Waals surface area (Å²) in [6.45, 7) is 1.80. The number of anilines is 1. The summed E-state index contributed by atoms with van der Waals surface area (Å²) in [5.74, 6) is 0. The van der Waals surface area contributed by atoms with Crippen molar-refractivity contribution in [3.8, 4) is 6.07 Å². The van der Waals surface area contributed by atoms with Crippen LogP contribution in [0.4, 0.5) is 5.69 Å². The van der Waals surface area contributed by atoms with Crippen molar-refractivity contribution in [3.63, 3.8) is 0 Å². The Kier molecular flexibility index (Phi) is 9.49. The maximum absolute atomic E-state index is 10.3. The number of hydrogen-bond donors (Lipinski definition) is 3. The molecule has 0 aliphatic carbocycles. The predicted octanol–water partition coefficient (Wildman–Crippen LogP) is 4.00. The fourth-order valence-corrected chi connectivity index (χ4v) is 3.56. The van der Waals surface area contributed by atoms with Gasteiger partial charge in [-0.05, 0) is 41.8 Å². The number of nitrogens with one attached hydrogen (secondary N) is 2. The van der Waals surface area contributed by atoms with Gasteiger partial charge < -0.3 is 15.3 Å². The van der Waals surface area contributed by atoms with E-state index in [1.54, 1.807) is 6.08 Å². The summed E-state index contributed by atoms with van der Waals surface area (Å²) in [4.78, 5) is 7.29. The Morgan fingerprint density at radius 3 is 2.12 bits per heavy atom. The number of nitrogens with zero attached hydrogens (tertiary/aromatic N) is 2. The fraction of sp³-hybridized carbons (Fsp3) is 0.240. The predicted molar refractivity (Wildman–Crippen MR) is 136 cm³/mol. The van der Waals surface area contributed by atoms with Crippen molar-refractivity contribution < 1.29 is 9.94 Å². The zero-order valence-electron chi connectivity index (χ0n) is 19.2. The summed E-state index contributed by atoms with van der Waals surface area (Å²) in [5, 5.41) is 23.1.